The summed E-state index contributed by atoms with van der Waals surface area (Å²) in [5.74, 6) is 0.742. The van der Waals surface area contributed by atoms with E-state index in [0.717, 1.165) is 53.7 Å². The summed E-state index contributed by atoms with van der Waals surface area (Å²) in [7, 11) is 0. The molecule has 3 aromatic rings. The second kappa shape index (κ2) is 8.89. The number of carbonyl (C=O) groups excluding carboxylic acids is 1. The van der Waals surface area contributed by atoms with E-state index in [-0.39, 0.29) is 24.5 Å². The molecule has 2 bridgehead atoms. The molecule has 5 heterocycles. The zero-order valence-electron chi connectivity index (χ0n) is 17.4. The van der Waals surface area contributed by atoms with Crippen molar-refractivity contribution >= 4 is 29.9 Å². The highest BCUT2D eigenvalue weighted by atomic mass is 35.5. The summed E-state index contributed by atoms with van der Waals surface area (Å²) in [4.78, 5) is 30.9. The molecule has 2 aliphatic heterocycles. The van der Waals surface area contributed by atoms with Gasteiger partial charge in [-0.05, 0) is 49.7 Å². The average molecular weight is 437 g/mol. The zero-order chi connectivity index (χ0) is 20.5. The van der Waals surface area contributed by atoms with E-state index in [4.69, 9.17) is 4.98 Å². The first-order chi connectivity index (χ1) is 14.7. The highest BCUT2D eigenvalue weighted by Gasteiger charge is 2.40. The third-order valence-corrected chi connectivity index (χ3v) is 5.75. The Hall–Kier alpha value is -3.19. The number of halogens is 1. The fourth-order valence-electron chi connectivity index (χ4n) is 4.27. The molecule has 0 spiro atoms. The monoisotopic (exact) mass is 436 g/mol. The minimum atomic E-state index is -0.0886. The van der Waals surface area contributed by atoms with Gasteiger partial charge in [-0.1, -0.05) is 6.07 Å². The molecule has 8 heteroatoms. The van der Waals surface area contributed by atoms with Crippen LogP contribution in [0.2, 0.25) is 0 Å². The van der Waals surface area contributed by atoms with Crippen LogP contribution < -0.4 is 15.1 Å². The van der Waals surface area contributed by atoms with Crippen molar-refractivity contribution in [1.82, 2.24) is 20.3 Å². The topological polar surface area (TPSA) is 74.2 Å². The minimum Gasteiger partial charge on any atom is -0.366 e. The van der Waals surface area contributed by atoms with Gasteiger partial charge in [0.15, 0.2) is 5.82 Å². The van der Waals surface area contributed by atoms with Crippen molar-refractivity contribution in [2.24, 2.45) is 0 Å². The third kappa shape index (κ3) is 4.18. The molecular weight excluding hydrogens is 412 g/mol. The van der Waals surface area contributed by atoms with Crippen LogP contribution in [-0.4, -0.2) is 46.7 Å². The molecule has 7 nitrogen and oxygen atoms in total. The van der Waals surface area contributed by atoms with E-state index in [1.807, 2.05) is 48.2 Å². The van der Waals surface area contributed by atoms with E-state index in [1.165, 1.54) is 0 Å². The van der Waals surface area contributed by atoms with Crippen molar-refractivity contribution in [3.05, 3.63) is 66.2 Å². The van der Waals surface area contributed by atoms with Crippen LogP contribution in [0.1, 0.15) is 17.8 Å². The number of pyridine rings is 3. The smallest absolute Gasteiger partial charge is 0.323 e. The number of anilines is 2. The number of nitrogens with zero attached hydrogens (tertiary/aromatic N) is 5. The van der Waals surface area contributed by atoms with E-state index < -0.39 is 0 Å². The summed E-state index contributed by atoms with van der Waals surface area (Å²) in [5, 5.41) is 3.07. The molecule has 1 saturated heterocycles. The highest BCUT2D eigenvalue weighted by Crippen LogP contribution is 2.40. The van der Waals surface area contributed by atoms with Crippen LogP contribution in [-0.2, 0) is 6.42 Å². The first-order valence-electron chi connectivity index (χ1n) is 10.3. The molecule has 0 aliphatic carbocycles. The number of hydrogen-bond acceptors (Lipinski definition) is 5. The fraction of sp³-hybridized carbons (Fsp3) is 0.304. The predicted octanol–water partition coefficient (Wildman–Crippen LogP) is 3.62. The third-order valence-electron chi connectivity index (χ3n) is 5.75. The van der Waals surface area contributed by atoms with Gasteiger partial charge in [-0.25, -0.2) is 9.78 Å². The molecule has 1 N–H and O–H groups in total. The molecule has 1 fully saturated rings. The number of amides is 2. The van der Waals surface area contributed by atoms with E-state index in [0.29, 0.717) is 13.0 Å². The number of aryl methyl sites for hydroxylation is 1. The Bertz CT molecular complexity index is 1080. The van der Waals surface area contributed by atoms with Crippen LogP contribution in [0.4, 0.5) is 16.3 Å². The lowest BCUT2D eigenvalue weighted by Crippen LogP contribution is -2.51. The first kappa shape index (κ1) is 21.1. The maximum absolute atomic E-state index is 13.2. The lowest BCUT2D eigenvalue weighted by atomic mass is 10.1. The van der Waals surface area contributed by atoms with Crippen LogP contribution >= 0.6 is 12.4 Å². The summed E-state index contributed by atoms with van der Waals surface area (Å²) in [5.41, 5.74) is 4.80. The number of urea groups is 1. The van der Waals surface area contributed by atoms with Crippen molar-refractivity contribution in [3.63, 3.8) is 0 Å². The molecular formula is C23H25ClN6O. The second-order valence-corrected chi connectivity index (χ2v) is 7.79. The van der Waals surface area contributed by atoms with Crippen LogP contribution in [0.5, 0.6) is 0 Å². The van der Waals surface area contributed by atoms with Crippen LogP contribution in [0.15, 0.2) is 54.9 Å². The summed E-state index contributed by atoms with van der Waals surface area (Å²) >= 11 is 0. The summed E-state index contributed by atoms with van der Waals surface area (Å²) < 4.78 is 0. The van der Waals surface area contributed by atoms with Crippen molar-refractivity contribution < 1.29 is 4.79 Å². The quantitative estimate of drug-likeness (QED) is 0.676. The predicted molar refractivity (Wildman–Crippen MR) is 124 cm³/mol. The van der Waals surface area contributed by atoms with E-state index in [2.05, 4.69) is 26.3 Å². The Morgan fingerprint density at radius 1 is 1.16 bits per heavy atom. The number of fused-ring (bicyclic) bond motifs is 4. The van der Waals surface area contributed by atoms with Gasteiger partial charge >= 0.3 is 6.03 Å². The molecule has 31 heavy (non-hydrogen) atoms. The van der Waals surface area contributed by atoms with Gasteiger partial charge in [0.2, 0.25) is 0 Å². The standard InChI is InChI=1S/C23H24N6O.ClH/c1-16-14-17(7-11-24-16)20-5-6-21-22(27-20)29(19-9-13-28(21)15-19)23(30)26-12-8-18-4-2-3-10-25-18;/h2-7,10-11,14,19H,8-9,12-13,15H2,1H3,(H,26,30);1H/t19-;/m0./s1. The maximum Gasteiger partial charge on any atom is 0.323 e. The summed E-state index contributed by atoms with van der Waals surface area (Å²) in [6, 6.07) is 14.0. The SMILES string of the molecule is Cc1cc(-c2ccc3c(n2)N(C(=O)NCCc2ccccn2)[C@H]2CCN3C2)ccn1.Cl. The van der Waals surface area contributed by atoms with Crippen LogP contribution in [0, 0.1) is 6.92 Å². The summed E-state index contributed by atoms with van der Waals surface area (Å²) in [6.45, 7) is 4.32. The molecule has 0 radical (unpaired) electrons. The first-order valence-corrected chi connectivity index (χ1v) is 10.3. The van der Waals surface area contributed by atoms with Crippen molar-refractivity contribution in [3.8, 4) is 11.3 Å². The van der Waals surface area contributed by atoms with Crippen molar-refractivity contribution in [1.29, 1.82) is 0 Å². The lowest BCUT2D eigenvalue weighted by Gasteiger charge is -2.36. The molecule has 160 valence electrons. The van der Waals surface area contributed by atoms with Gasteiger partial charge in [0.05, 0.1) is 17.4 Å². The maximum atomic E-state index is 13.2. The van der Waals surface area contributed by atoms with Gasteiger partial charge in [-0.15, -0.1) is 12.4 Å². The van der Waals surface area contributed by atoms with Gasteiger partial charge in [0, 0.05) is 55.4 Å². The molecule has 0 saturated carbocycles. The Balaban J connectivity index is 0.00000231. The Morgan fingerprint density at radius 2 is 2.06 bits per heavy atom. The van der Waals surface area contributed by atoms with E-state index in [9.17, 15) is 4.79 Å². The van der Waals surface area contributed by atoms with Gasteiger partial charge in [0.1, 0.15) is 0 Å². The molecule has 0 unspecified atom stereocenters. The second-order valence-electron chi connectivity index (χ2n) is 7.79. The molecule has 2 aliphatic rings. The highest BCUT2D eigenvalue weighted by molar-refractivity contribution is 5.97. The molecule has 0 aromatic carbocycles. The number of aromatic nitrogens is 3. The van der Waals surface area contributed by atoms with Crippen LogP contribution in [0.25, 0.3) is 11.3 Å². The van der Waals surface area contributed by atoms with Gasteiger partial charge in [-0.3, -0.25) is 14.9 Å². The summed E-state index contributed by atoms with van der Waals surface area (Å²) in [6.07, 6.45) is 5.22. The van der Waals surface area contributed by atoms with Crippen LogP contribution in [0.3, 0.4) is 0 Å². The fourth-order valence-corrected chi connectivity index (χ4v) is 4.27. The molecule has 1 atom stereocenters. The van der Waals surface area contributed by atoms with E-state index >= 15 is 0 Å². The van der Waals surface area contributed by atoms with Gasteiger partial charge in [0.25, 0.3) is 0 Å². The largest absolute Gasteiger partial charge is 0.366 e. The number of rotatable bonds is 4. The Kier molecular flexibility index (Phi) is 6.04. The normalized spacial score (nSPS) is 16.5. The van der Waals surface area contributed by atoms with Crippen molar-refractivity contribution in [2.75, 3.05) is 29.4 Å². The van der Waals surface area contributed by atoms with E-state index in [1.54, 1.807) is 12.4 Å². The van der Waals surface area contributed by atoms with Gasteiger partial charge in [-0.2, -0.15) is 0 Å². The molecule has 5 rings (SSSR count). The molecule has 2 amide bonds. The number of hydrogen-bond donors (Lipinski definition) is 1. The number of carbonyl (C=O) groups is 1. The minimum absolute atomic E-state index is 0. The number of nitrogens with one attached hydrogen (secondary N) is 1. The Morgan fingerprint density at radius 3 is 2.87 bits per heavy atom. The van der Waals surface area contributed by atoms with Gasteiger partial charge < -0.3 is 10.2 Å². The van der Waals surface area contributed by atoms with Crippen molar-refractivity contribution in [2.45, 2.75) is 25.8 Å². The lowest BCUT2D eigenvalue weighted by molar-refractivity contribution is 0.244. The molecule has 3 aromatic heterocycles. The average Bonchev–Trinajstić information content (AvgIpc) is 3.18. The Labute approximate surface area is 187 Å². The zero-order valence-corrected chi connectivity index (χ0v) is 18.2.